The lowest BCUT2D eigenvalue weighted by atomic mass is 9.96. The first-order valence-corrected chi connectivity index (χ1v) is 9.78. The molecule has 1 aromatic carbocycles. The number of amides is 1. The second-order valence-corrected chi connectivity index (χ2v) is 7.44. The fourth-order valence-electron chi connectivity index (χ4n) is 3.75. The summed E-state index contributed by atoms with van der Waals surface area (Å²) < 4.78 is 16.1. The van der Waals surface area contributed by atoms with E-state index in [0.29, 0.717) is 29.5 Å². The van der Waals surface area contributed by atoms with Gasteiger partial charge in [0.15, 0.2) is 11.5 Å². The number of nitrogens with zero attached hydrogens (tertiary/aromatic N) is 1. The number of carbonyl (C=O) groups excluding carboxylic acids is 1. The van der Waals surface area contributed by atoms with Gasteiger partial charge in [0.2, 0.25) is 0 Å². The van der Waals surface area contributed by atoms with Gasteiger partial charge in [0.1, 0.15) is 11.5 Å². The van der Waals surface area contributed by atoms with Crippen LogP contribution in [0, 0.1) is 19.8 Å². The van der Waals surface area contributed by atoms with Gasteiger partial charge in [-0.1, -0.05) is 0 Å². The smallest absolute Gasteiger partial charge is 0.251 e. The maximum atomic E-state index is 12.5. The minimum atomic E-state index is -0.0760. The lowest BCUT2D eigenvalue weighted by Gasteiger charge is -2.31. The molecule has 1 fully saturated rings. The normalized spacial score (nSPS) is 15.4. The quantitative estimate of drug-likeness (QED) is 0.788. The Morgan fingerprint density at radius 3 is 2.46 bits per heavy atom. The van der Waals surface area contributed by atoms with Gasteiger partial charge < -0.3 is 19.2 Å². The fourth-order valence-corrected chi connectivity index (χ4v) is 3.75. The number of piperidine rings is 1. The highest BCUT2D eigenvalue weighted by Crippen LogP contribution is 2.27. The van der Waals surface area contributed by atoms with E-state index in [2.05, 4.69) is 16.3 Å². The van der Waals surface area contributed by atoms with Crippen LogP contribution in [-0.4, -0.2) is 44.7 Å². The molecular formula is C22H30N2O4. The molecule has 2 aromatic rings. The minimum absolute atomic E-state index is 0.0760. The number of hydrogen-bond donors (Lipinski definition) is 1. The molecule has 0 atom stereocenters. The van der Waals surface area contributed by atoms with Crippen molar-refractivity contribution in [3.05, 3.63) is 46.9 Å². The van der Waals surface area contributed by atoms with Gasteiger partial charge >= 0.3 is 0 Å². The third-order valence-corrected chi connectivity index (χ3v) is 5.44. The summed E-state index contributed by atoms with van der Waals surface area (Å²) in [5.41, 5.74) is 1.86. The number of hydrogen-bond acceptors (Lipinski definition) is 5. The number of furan rings is 1. The van der Waals surface area contributed by atoms with Crippen LogP contribution in [0.1, 0.15) is 40.3 Å². The highest BCUT2D eigenvalue weighted by molar-refractivity contribution is 5.94. The van der Waals surface area contributed by atoms with E-state index in [1.54, 1.807) is 32.4 Å². The third-order valence-electron chi connectivity index (χ3n) is 5.44. The predicted octanol–water partition coefficient (Wildman–Crippen LogP) is 3.56. The van der Waals surface area contributed by atoms with Crippen LogP contribution in [0.4, 0.5) is 0 Å². The molecule has 0 spiro atoms. The Hall–Kier alpha value is -2.47. The molecule has 1 amide bonds. The summed E-state index contributed by atoms with van der Waals surface area (Å²) >= 11 is 0. The van der Waals surface area contributed by atoms with Crippen LogP contribution in [0.25, 0.3) is 0 Å². The molecule has 6 nitrogen and oxygen atoms in total. The molecule has 2 heterocycles. The van der Waals surface area contributed by atoms with E-state index >= 15 is 0 Å². The minimum Gasteiger partial charge on any atom is -0.493 e. The molecule has 1 aliphatic heterocycles. The summed E-state index contributed by atoms with van der Waals surface area (Å²) in [5, 5.41) is 3.07. The van der Waals surface area contributed by atoms with Crippen molar-refractivity contribution in [2.75, 3.05) is 33.9 Å². The van der Waals surface area contributed by atoms with Crippen molar-refractivity contribution in [3.8, 4) is 11.5 Å². The van der Waals surface area contributed by atoms with Crippen LogP contribution < -0.4 is 14.8 Å². The number of carbonyl (C=O) groups is 1. The van der Waals surface area contributed by atoms with Crippen LogP contribution in [0.3, 0.4) is 0 Å². The number of nitrogens with one attached hydrogen (secondary N) is 1. The van der Waals surface area contributed by atoms with E-state index in [0.717, 1.165) is 44.0 Å². The molecule has 0 bridgehead atoms. The lowest BCUT2D eigenvalue weighted by molar-refractivity contribution is 0.0934. The summed E-state index contributed by atoms with van der Waals surface area (Å²) in [6.45, 7) is 7.74. The number of aryl methyl sites for hydroxylation is 2. The maximum absolute atomic E-state index is 12.5. The molecule has 1 N–H and O–H groups in total. The van der Waals surface area contributed by atoms with Gasteiger partial charge in [-0.2, -0.15) is 0 Å². The van der Waals surface area contributed by atoms with Crippen molar-refractivity contribution >= 4 is 5.91 Å². The molecule has 0 radical (unpaired) electrons. The summed E-state index contributed by atoms with van der Waals surface area (Å²) in [4.78, 5) is 14.9. The van der Waals surface area contributed by atoms with Crippen molar-refractivity contribution in [2.45, 2.75) is 33.2 Å². The van der Waals surface area contributed by atoms with Crippen LogP contribution in [-0.2, 0) is 6.54 Å². The molecule has 1 aliphatic rings. The monoisotopic (exact) mass is 386 g/mol. The highest BCUT2D eigenvalue weighted by atomic mass is 16.5. The Labute approximate surface area is 166 Å². The van der Waals surface area contributed by atoms with Crippen molar-refractivity contribution in [1.29, 1.82) is 0 Å². The summed E-state index contributed by atoms with van der Waals surface area (Å²) in [6.07, 6.45) is 2.17. The molecule has 0 aliphatic carbocycles. The summed E-state index contributed by atoms with van der Waals surface area (Å²) in [5.74, 6) is 3.60. The van der Waals surface area contributed by atoms with Crippen LogP contribution >= 0.6 is 0 Å². The first-order valence-electron chi connectivity index (χ1n) is 9.78. The van der Waals surface area contributed by atoms with E-state index in [9.17, 15) is 4.79 Å². The SMILES string of the molecule is COc1ccc(C(=O)NCC2CCN(Cc3cc(C)oc3C)CC2)cc1OC. The average Bonchev–Trinajstić information content (AvgIpc) is 3.03. The Morgan fingerprint density at radius 2 is 1.86 bits per heavy atom. The number of rotatable bonds is 7. The Balaban J connectivity index is 1.46. The van der Waals surface area contributed by atoms with E-state index < -0.39 is 0 Å². The molecular weight excluding hydrogens is 356 g/mol. The molecule has 0 saturated carbocycles. The van der Waals surface area contributed by atoms with Crippen LogP contribution in [0.2, 0.25) is 0 Å². The maximum Gasteiger partial charge on any atom is 0.251 e. The second kappa shape index (κ2) is 9.15. The predicted molar refractivity (Wildman–Crippen MR) is 108 cm³/mol. The molecule has 1 aromatic heterocycles. The zero-order valence-electron chi connectivity index (χ0n) is 17.2. The molecule has 28 heavy (non-hydrogen) atoms. The van der Waals surface area contributed by atoms with Crippen LogP contribution in [0.5, 0.6) is 11.5 Å². The Bertz CT molecular complexity index is 807. The molecule has 152 valence electrons. The van der Waals surface area contributed by atoms with Gasteiger partial charge in [0, 0.05) is 24.2 Å². The van der Waals surface area contributed by atoms with Gasteiger partial charge in [0.05, 0.1) is 14.2 Å². The van der Waals surface area contributed by atoms with Gasteiger partial charge in [0.25, 0.3) is 5.91 Å². The fraction of sp³-hybridized carbons (Fsp3) is 0.500. The van der Waals surface area contributed by atoms with Crippen molar-refractivity contribution in [1.82, 2.24) is 10.2 Å². The first kappa shape index (κ1) is 20.3. The number of likely N-dealkylation sites (tertiary alicyclic amines) is 1. The number of benzene rings is 1. The number of ether oxygens (including phenoxy) is 2. The van der Waals surface area contributed by atoms with Crippen molar-refractivity contribution in [2.24, 2.45) is 5.92 Å². The standard InChI is InChI=1S/C22H30N2O4/c1-15-11-19(16(2)28-15)14-24-9-7-17(8-10-24)13-23-22(25)18-5-6-20(26-3)21(12-18)27-4/h5-6,11-12,17H,7-10,13-14H2,1-4H3,(H,23,25). The average molecular weight is 386 g/mol. The van der Waals surface area contributed by atoms with Crippen molar-refractivity contribution < 1.29 is 18.7 Å². The summed E-state index contributed by atoms with van der Waals surface area (Å²) in [7, 11) is 3.15. The van der Waals surface area contributed by atoms with E-state index in [1.165, 1.54) is 5.56 Å². The summed E-state index contributed by atoms with van der Waals surface area (Å²) in [6, 6.07) is 7.36. The zero-order valence-corrected chi connectivity index (χ0v) is 17.2. The third kappa shape index (κ3) is 4.87. The molecule has 0 unspecified atom stereocenters. The van der Waals surface area contributed by atoms with Gasteiger partial charge in [-0.3, -0.25) is 9.69 Å². The van der Waals surface area contributed by atoms with Gasteiger partial charge in [-0.05, 0) is 70.0 Å². The first-order chi connectivity index (χ1) is 13.5. The van der Waals surface area contributed by atoms with E-state index in [4.69, 9.17) is 13.9 Å². The molecule has 6 heteroatoms. The topological polar surface area (TPSA) is 63.9 Å². The lowest BCUT2D eigenvalue weighted by Crippen LogP contribution is -2.38. The largest absolute Gasteiger partial charge is 0.493 e. The van der Waals surface area contributed by atoms with E-state index in [-0.39, 0.29) is 5.91 Å². The molecule has 1 saturated heterocycles. The zero-order chi connectivity index (χ0) is 20.1. The van der Waals surface area contributed by atoms with Crippen LogP contribution in [0.15, 0.2) is 28.7 Å². The Morgan fingerprint density at radius 1 is 1.14 bits per heavy atom. The molecule has 3 rings (SSSR count). The second-order valence-electron chi connectivity index (χ2n) is 7.44. The van der Waals surface area contributed by atoms with Gasteiger partial charge in [-0.25, -0.2) is 0 Å². The number of methoxy groups -OCH3 is 2. The van der Waals surface area contributed by atoms with E-state index in [1.807, 2.05) is 13.8 Å². The Kier molecular flexibility index (Phi) is 6.62. The van der Waals surface area contributed by atoms with Crippen molar-refractivity contribution in [3.63, 3.8) is 0 Å². The van der Waals surface area contributed by atoms with Gasteiger partial charge in [-0.15, -0.1) is 0 Å². The highest BCUT2D eigenvalue weighted by Gasteiger charge is 2.21.